The van der Waals surface area contributed by atoms with Crippen molar-refractivity contribution >= 4 is 35.2 Å². The van der Waals surface area contributed by atoms with Gasteiger partial charge in [-0.2, -0.15) is 0 Å². The molecule has 17 heavy (non-hydrogen) atoms. The third-order valence-electron chi connectivity index (χ3n) is 2.62. The van der Waals surface area contributed by atoms with Gasteiger partial charge in [-0.1, -0.05) is 6.92 Å². The zero-order chi connectivity index (χ0) is 12.3. The average molecular weight is 264 g/mol. The van der Waals surface area contributed by atoms with Crippen LogP contribution in [-0.2, 0) is 0 Å². The normalized spacial score (nSPS) is 10.7. The van der Waals surface area contributed by atoms with Crippen molar-refractivity contribution in [3.63, 3.8) is 0 Å². The lowest BCUT2D eigenvalue weighted by atomic mass is 10.0. The molecule has 0 aliphatic carbocycles. The second-order valence-corrected chi connectivity index (χ2v) is 5.97. The van der Waals surface area contributed by atoms with Crippen molar-refractivity contribution in [3.05, 3.63) is 43.8 Å². The smallest absolute Gasteiger partial charge is 0.160 e. The predicted molar refractivity (Wildman–Crippen MR) is 71.5 cm³/mol. The molecule has 0 radical (unpaired) electrons. The van der Waals surface area contributed by atoms with E-state index in [1.54, 1.807) is 0 Å². The Balaban J connectivity index is 2.32. The van der Waals surface area contributed by atoms with Gasteiger partial charge < -0.3 is 0 Å². The molecule has 0 spiro atoms. The maximum atomic E-state index is 10.7. The van der Waals surface area contributed by atoms with Crippen LogP contribution in [0.25, 0.3) is 0 Å². The molecule has 0 fully saturated rings. The molecule has 0 saturated heterocycles. The maximum absolute atomic E-state index is 10.7. The number of rotatable bonds is 5. The van der Waals surface area contributed by atoms with E-state index >= 15 is 0 Å². The quantitative estimate of drug-likeness (QED) is 0.766. The maximum Gasteiger partial charge on any atom is 0.160 e. The summed E-state index contributed by atoms with van der Waals surface area (Å²) in [5.41, 5.74) is 0. The first-order valence-corrected chi connectivity index (χ1v) is 7.01. The Morgan fingerprint density at radius 3 is 1.76 bits per heavy atom. The molecule has 2 rings (SSSR count). The average Bonchev–Trinajstić information content (AvgIpc) is 2.99. The van der Waals surface area contributed by atoms with Gasteiger partial charge in [0.15, 0.2) is 12.6 Å². The van der Waals surface area contributed by atoms with Crippen LogP contribution in [0.5, 0.6) is 0 Å². The van der Waals surface area contributed by atoms with E-state index in [9.17, 15) is 9.59 Å². The van der Waals surface area contributed by atoms with E-state index < -0.39 is 0 Å². The molecule has 2 heterocycles. The van der Waals surface area contributed by atoms with Crippen molar-refractivity contribution < 1.29 is 9.59 Å². The van der Waals surface area contributed by atoms with E-state index in [-0.39, 0.29) is 0 Å². The van der Waals surface area contributed by atoms with Crippen molar-refractivity contribution in [3.8, 4) is 0 Å². The Bertz CT molecular complexity index is 479. The van der Waals surface area contributed by atoms with Crippen molar-refractivity contribution in [1.29, 1.82) is 0 Å². The summed E-state index contributed by atoms with van der Waals surface area (Å²) in [6, 6.07) is 7.71. The molecule has 2 aromatic heterocycles. The zero-order valence-corrected chi connectivity index (χ0v) is 11.0. The first-order chi connectivity index (χ1) is 8.28. The van der Waals surface area contributed by atoms with Crippen LogP contribution in [0.2, 0.25) is 0 Å². The molecule has 0 bridgehead atoms. The Morgan fingerprint density at radius 1 is 1.00 bits per heavy atom. The minimum absolute atomic E-state index is 0.299. The predicted octanol–water partition coefficient (Wildman–Crippen LogP) is 3.98. The van der Waals surface area contributed by atoms with E-state index in [4.69, 9.17) is 0 Å². The van der Waals surface area contributed by atoms with Crippen LogP contribution in [0.3, 0.4) is 0 Å². The zero-order valence-electron chi connectivity index (χ0n) is 9.38. The highest BCUT2D eigenvalue weighted by Crippen LogP contribution is 2.35. The van der Waals surface area contributed by atoms with Crippen LogP contribution < -0.4 is 0 Å². The summed E-state index contributed by atoms with van der Waals surface area (Å²) in [4.78, 5) is 25.3. The fraction of sp³-hybridized carbons (Fsp3) is 0.231. The van der Waals surface area contributed by atoms with Gasteiger partial charge in [0, 0.05) is 15.7 Å². The Hall–Kier alpha value is -1.26. The molecule has 0 N–H and O–H groups in total. The van der Waals surface area contributed by atoms with E-state index in [2.05, 4.69) is 6.92 Å². The fourth-order valence-corrected chi connectivity index (χ4v) is 3.91. The summed E-state index contributed by atoms with van der Waals surface area (Å²) in [7, 11) is 0. The van der Waals surface area contributed by atoms with E-state index in [0.717, 1.165) is 28.7 Å². The molecular weight excluding hydrogens is 252 g/mol. The molecule has 88 valence electrons. The molecule has 0 aliphatic rings. The number of carbonyl (C=O) groups is 2. The van der Waals surface area contributed by atoms with Gasteiger partial charge in [0.1, 0.15) is 0 Å². The largest absolute Gasteiger partial charge is 0.297 e. The van der Waals surface area contributed by atoms with Gasteiger partial charge in [0.25, 0.3) is 0 Å². The van der Waals surface area contributed by atoms with Crippen molar-refractivity contribution in [1.82, 2.24) is 0 Å². The number of aldehydes is 2. The van der Waals surface area contributed by atoms with Gasteiger partial charge in [-0.25, -0.2) is 0 Å². The lowest BCUT2D eigenvalue weighted by Crippen LogP contribution is -1.93. The Labute approximate surface area is 108 Å². The van der Waals surface area contributed by atoms with Gasteiger partial charge in [-0.15, -0.1) is 22.7 Å². The standard InChI is InChI=1S/C13H12O2S2/c1-2-11(12-5-3-9(7-14)16-12)13-6-4-10(8-15)17-13/h3-8,11H,2H2,1H3. The van der Waals surface area contributed by atoms with Crippen molar-refractivity contribution in [2.45, 2.75) is 19.3 Å². The topological polar surface area (TPSA) is 34.1 Å². The lowest BCUT2D eigenvalue weighted by Gasteiger charge is -2.10. The number of hydrogen-bond acceptors (Lipinski definition) is 4. The summed E-state index contributed by atoms with van der Waals surface area (Å²) in [6.07, 6.45) is 2.73. The Morgan fingerprint density at radius 2 is 1.47 bits per heavy atom. The van der Waals surface area contributed by atoms with Crippen LogP contribution in [0, 0.1) is 0 Å². The third-order valence-corrected chi connectivity index (χ3v) is 4.87. The molecule has 0 amide bonds. The van der Waals surface area contributed by atoms with Crippen LogP contribution >= 0.6 is 22.7 Å². The van der Waals surface area contributed by atoms with Gasteiger partial charge in [0.2, 0.25) is 0 Å². The van der Waals surface area contributed by atoms with E-state index in [1.807, 2.05) is 24.3 Å². The molecule has 0 atom stereocenters. The summed E-state index contributed by atoms with van der Waals surface area (Å²) >= 11 is 3.06. The third kappa shape index (κ3) is 2.53. The Kier molecular flexibility index (Phi) is 3.86. The highest BCUT2D eigenvalue weighted by Gasteiger charge is 2.16. The van der Waals surface area contributed by atoms with Crippen molar-refractivity contribution in [2.24, 2.45) is 0 Å². The molecule has 0 saturated carbocycles. The molecule has 2 aromatic rings. The van der Waals surface area contributed by atoms with Gasteiger partial charge in [-0.3, -0.25) is 9.59 Å². The molecule has 0 aromatic carbocycles. The van der Waals surface area contributed by atoms with Gasteiger partial charge in [-0.05, 0) is 30.7 Å². The van der Waals surface area contributed by atoms with Crippen LogP contribution in [-0.4, -0.2) is 12.6 Å². The lowest BCUT2D eigenvalue weighted by molar-refractivity contribution is 0.111. The van der Waals surface area contributed by atoms with Gasteiger partial charge in [0.05, 0.1) is 9.75 Å². The number of carbonyl (C=O) groups excluding carboxylic acids is 2. The van der Waals surface area contributed by atoms with Crippen LogP contribution in [0.4, 0.5) is 0 Å². The minimum atomic E-state index is 0.299. The molecule has 4 heteroatoms. The molecule has 2 nitrogen and oxygen atoms in total. The minimum Gasteiger partial charge on any atom is -0.297 e. The first-order valence-electron chi connectivity index (χ1n) is 5.38. The van der Waals surface area contributed by atoms with Crippen molar-refractivity contribution in [2.75, 3.05) is 0 Å². The summed E-state index contributed by atoms with van der Waals surface area (Å²) in [5.74, 6) is 0.299. The summed E-state index contributed by atoms with van der Waals surface area (Å²) in [5, 5.41) is 0. The highest BCUT2D eigenvalue weighted by molar-refractivity contribution is 7.15. The summed E-state index contributed by atoms with van der Waals surface area (Å²) in [6.45, 7) is 2.12. The molecular formula is C13H12O2S2. The fourth-order valence-electron chi connectivity index (χ4n) is 1.78. The van der Waals surface area contributed by atoms with E-state index in [0.29, 0.717) is 5.92 Å². The molecule has 0 aliphatic heterocycles. The highest BCUT2D eigenvalue weighted by atomic mass is 32.1. The second kappa shape index (κ2) is 5.38. The van der Waals surface area contributed by atoms with Gasteiger partial charge >= 0.3 is 0 Å². The SMILES string of the molecule is CCC(c1ccc(C=O)s1)c1ccc(C=O)s1. The molecule has 0 unspecified atom stereocenters. The van der Waals surface area contributed by atoms with Crippen LogP contribution in [0.1, 0.15) is 48.4 Å². The monoisotopic (exact) mass is 264 g/mol. The number of thiophene rings is 2. The number of hydrogen-bond donors (Lipinski definition) is 0. The van der Waals surface area contributed by atoms with Crippen LogP contribution in [0.15, 0.2) is 24.3 Å². The second-order valence-electron chi connectivity index (χ2n) is 3.68. The summed E-state index contributed by atoms with van der Waals surface area (Å²) < 4.78 is 0. The first kappa shape index (κ1) is 12.2. The van der Waals surface area contributed by atoms with E-state index in [1.165, 1.54) is 32.4 Å².